The molecule has 2 rings (SSSR count). The van der Waals surface area contributed by atoms with Crippen molar-refractivity contribution < 1.29 is 9.18 Å². The number of carbonyl (C=O) groups excluding carboxylic acids is 1. The predicted octanol–water partition coefficient (Wildman–Crippen LogP) is 4.04. The van der Waals surface area contributed by atoms with Gasteiger partial charge in [0.05, 0.1) is 11.8 Å². The molecule has 0 aliphatic carbocycles. The zero-order chi connectivity index (χ0) is 14.0. The van der Waals surface area contributed by atoms with Crippen molar-refractivity contribution in [1.82, 2.24) is 4.98 Å². The summed E-state index contributed by atoms with van der Waals surface area (Å²) in [6, 6.07) is 6.60. The Labute approximate surface area is 128 Å². The summed E-state index contributed by atoms with van der Waals surface area (Å²) in [4.78, 5) is 15.7. The second kappa shape index (κ2) is 5.83. The van der Waals surface area contributed by atoms with E-state index in [0.717, 1.165) is 21.4 Å². The van der Waals surface area contributed by atoms with Crippen molar-refractivity contribution in [2.75, 3.05) is 5.32 Å². The second-order valence-corrected chi connectivity index (χ2v) is 5.38. The number of benzene rings is 1. The van der Waals surface area contributed by atoms with E-state index < -0.39 is 11.7 Å². The summed E-state index contributed by atoms with van der Waals surface area (Å²) in [5.74, 6) is -1.09. The summed E-state index contributed by atoms with van der Waals surface area (Å²) >= 11 is 7.96. The molecule has 3 nitrogen and oxygen atoms in total. The Morgan fingerprint density at radius 2 is 2.21 bits per heavy atom. The lowest BCUT2D eigenvalue weighted by Gasteiger charge is -2.10. The van der Waals surface area contributed by atoms with Crippen molar-refractivity contribution in [1.29, 1.82) is 0 Å². The molecule has 0 aliphatic heterocycles. The van der Waals surface area contributed by atoms with Crippen LogP contribution in [0, 0.1) is 16.3 Å². The van der Waals surface area contributed by atoms with Crippen LogP contribution in [-0.4, -0.2) is 10.9 Å². The van der Waals surface area contributed by atoms with Crippen LogP contribution in [0.15, 0.2) is 30.5 Å². The molecule has 0 unspecified atom stereocenters. The lowest BCUT2D eigenvalue weighted by Crippen LogP contribution is -2.14. The van der Waals surface area contributed by atoms with E-state index in [9.17, 15) is 9.18 Å². The van der Waals surface area contributed by atoms with E-state index in [1.165, 1.54) is 0 Å². The van der Waals surface area contributed by atoms with Crippen LogP contribution in [0.25, 0.3) is 0 Å². The van der Waals surface area contributed by atoms with Crippen LogP contribution in [-0.2, 0) is 0 Å². The van der Waals surface area contributed by atoms with Gasteiger partial charge in [0.2, 0.25) is 0 Å². The zero-order valence-electron chi connectivity index (χ0n) is 9.88. The summed E-state index contributed by atoms with van der Waals surface area (Å²) < 4.78 is 14.1. The van der Waals surface area contributed by atoms with Crippen LogP contribution >= 0.6 is 34.2 Å². The maximum Gasteiger partial charge on any atom is 0.258 e. The van der Waals surface area contributed by atoms with E-state index in [0.29, 0.717) is 5.69 Å². The fraction of sp³-hybridized carbons (Fsp3) is 0.0769. The molecule has 0 radical (unpaired) electrons. The van der Waals surface area contributed by atoms with Gasteiger partial charge in [0.25, 0.3) is 5.91 Å². The average molecular weight is 391 g/mol. The van der Waals surface area contributed by atoms with Crippen molar-refractivity contribution in [2.24, 2.45) is 0 Å². The highest BCUT2D eigenvalue weighted by atomic mass is 127. The Bertz CT molecular complexity index is 649. The number of hydrogen-bond donors (Lipinski definition) is 1. The molecule has 98 valence electrons. The topological polar surface area (TPSA) is 42.0 Å². The number of aromatic nitrogens is 1. The molecule has 0 spiro atoms. The Balaban J connectivity index is 2.31. The van der Waals surface area contributed by atoms with E-state index in [-0.39, 0.29) is 10.7 Å². The summed E-state index contributed by atoms with van der Waals surface area (Å²) in [7, 11) is 0. The van der Waals surface area contributed by atoms with Crippen molar-refractivity contribution in [3.63, 3.8) is 0 Å². The van der Waals surface area contributed by atoms with Crippen LogP contribution in [0.3, 0.4) is 0 Å². The summed E-state index contributed by atoms with van der Waals surface area (Å²) in [5, 5.41) is 2.67. The molecular formula is C13H9ClFIN2O. The molecule has 19 heavy (non-hydrogen) atoms. The van der Waals surface area contributed by atoms with Gasteiger partial charge in [-0.3, -0.25) is 4.79 Å². The summed E-state index contributed by atoms with van der Waals surface area (Å²) in [6.45, 7) is 1.89. The Hall–Kier alpha value is -1.21. The van der Waals surface area contributed by atoms with Crippen molar-refractivity contribution in [3.05, 3.63) is 56.1 Å². The molecule has 0 aliphatic rings. The normalized spacial score (nSPS) is 10.3. The molecule has 1 N–H and O–H groups in total. The molecule has 0 atom stereocenters. The van der Waals surface area contributed by atoms with Gasteiger partial charge in [-0.1, -0.05) is 17.7 Å². The maximum atomic E-state index is 13.1. The van der Waals surface area contributed by atoms with E-state index >= 15 is 0 Å². The molecule has 1 heterocycles. The summed E-state index contributed by atoms with van der Waals surface area (Å²) in [6.07, 6.45) is 0.968. The number of pyridine rings is 1. The van der Waals surface area contributed by atoms with Gasteiger partial charge in [0.15, 0.2) is 0 Å². The summed E-state index contributed by atoms with van der Waals surface area (Å²) in [5.41, 5.74) is 1.62. The maximum absolute atomic E-state index is 13.1. The minimum absolute atomic E-state index is 0.0138. The Morgan fingerprint density at radius 3 is 2.95 bits per heavy atom. The molecule has 1 aromatic carbocycles. The third kappa shape index (κ3) is 3.22. The van der Waals surface area contributed by atoms with Gasteiger partial charge in [-0.25, -0.2) is 9.37 Å². The van der Waals surface area contributed by atoms with E-state index in [4.69, 9.17) is 11.6 Å². The molecule has 0 fully saturated rings. The van der Waals surface area contributed by atoms with Gasteiger partial charge in [-0.2, -0.15) is 0 Å². The van der Waals surface area contributed by atoms with Crippen LogP contribution in [0.4, 0.5) is 10.1 Å². The molecule has 6 heteroatoms. The molecular weight excluding hydrogens is 382 g/mol. The quantitative estimate of drug-likeness (QED) is 0.621. The number of rotatable bonds is 2. The van der Waals surface area contributed by atoms with Gasteiger partial charge >= 0.3 is 0 Å². The largest absolute Gasteiger partial charge is 0.322 e. The lowest BCUT2D eigenvalue weighted by molar-refractivity contribution is 0.102. The number of nitrogens with one attached hydrogen (secondary N) is 1. The van der Waals surface area contributed by atoms with Crippen LogP contribution in [0.5, 0.6) is 0 Å². The standard InChI is InChI=1S/C13H9ClFIN2O/c1-7-10(16)3-2-4-11(7)18-13(19)9-5-8(15)6-17-12(9)14/h2-6H,1H3,(H,18,19). The highest BCUT2D eigenvalue weighted by molar-refractivity contribution is 14.1. The number of anilines is 1. The van der Waals surface area contributed by atoms with Gasteiger partial charge in [-0.05, 0) is 53.3 Å². The van der Waals surface area contributed by atoms with Gasteiger partial charge < -0.3 is 5.32 Å². The van der Waals surface area contributed by atoms with E-state index in [2.05, 4.69) is 32.9 Å². The third-order valence-corrected chi connectivity index (χ3v) is 4.04. The smallest absolute Gasteiger partial charge is 0.258 e. The second-order valence-electron chi connectivity index (χ2n) is 3.86. The highest BCUT2D eigenvalue weighted by Gasteiger charge is 2.14. The SMILES string of the molecule is Cc1c(I)cccc1NC(=O)c1cc(F)cnc1Cl. The van der Waals surface area contributed by atoms with Crippen LogP contribution in [0.2, 0.25) is 5.15 Å². The first-order chi connectivity index (χ1) is 8.99. The number of nitrogens with zero attached hydrogens (tertiary/aromatic N) is 1. The third-order valence-electron chi connectivity index (χ3n) is 2.57. The molecule has 0 saturated carbocycles. The minimum Gasteiger partial charge on any atom is -0.322 e. The highest BCUT2D eigenvalue weighted by Crippen LogP contribution is 2.22. The van der Waals surface area contributed by atoms with Gasteiger partial charge in [0, 0.05) is 9.26 Å². The van der Waals surface area contributed by atoms with Crippen molar-refractivity contribution in [3.8, 4) is 0 Å². The Kier molecular flexibility index (Phi) is 4.36. The molecule has 2 aromatic rings. The fourth-order valence-electron chi connectivity index (χ4n) is 1.51. The average Bonchev–Trinajstić information content (AvgIpc) is 2.38. The minimum atomic E-state index is -0.603. The lowest BCUT2D eigenvalue weighted by atomic mass is 10.2. The monoisotopic (exact) mass is 390 g/mol. The molecule has 1 amide bonds. The van der Waals surface area contributed by atoms with E-state index in [1.807, 2.05) is 19.1 Å². The molecule has 0 bridgehead atoms. The Morgan fingerprint density at radius 1 is 1.47 bits per heavy atom. The number of carbonyl (C=O) groups is 1. The van der Waals surface area contributed by atoms with Crippen molar-refractivity contribution >= 4 is 45.8 Å². The fourth-order valence-corrected chi connectivity index (χ4v) is 2.20. The number of halogens is 3. The van der Waals surface area contributed by atoms with Gasteiger partial charge in [0.1, 0.15) is 11.0 Å². The number of hydrogen-bond acceptors (Lipinski definition) is 2. The first-order valence-corrected chi connectivity index (χ1v) is 6.82. The first-order valence-electron chi connectivity index (χ1n) is 5.36. The first kappa shape index (κ1) is 14.2. The zero-order valence-corrected chi connectivity index (χ0v) is 12.8. The van der Waals surface area contributed by atoms with Gasteiger partial charge in [-0.15, -0.1) is 0 Å². The van der Waals surface area contributed by atoms with Crippen LogP contribution in [0.1, 0.15) is 15.9 Å². The predicted molar refractivity (Wildman–Crippen MR) is 81.1 cm³/mol. The number of amides is 1. The molecule has 0 saturated heterocycles. The van der Waals surface area contributed by atoms with Crippen molar-refractivity contribution in [2.45, 2.75) is 6.92 Å². The molecule has 1 aromatic heterocycles. The van der Waals surface area contributed by atoms with E-state index in [1.54, 1.807) is 6.07 Å². The van der Waals surface area contributed by atoms with Crippen LogP contribution < -0.4 is 5.32 Å².